The molecule has 3 rings (SSSR count). The highest BCUT2D eigenvalue weighted by Gasteiger charge is 2.47. The molecule has 1 fully saturated rings. The molecule has 212 valence electrons. The van der Waals surface area contributed by atoms with Crippen LogP contribution in [0.1, 0.15) is 38.3 Å². The number of carbonyl (C=O) groups excluding carboxylic acids is 1. The van der Waals surface area contributed by atoms with E-state index in [1.54, 1.807) is 0 Å². The predicted molar refractivity (Wildman–Crippen MR) is 165 cm³/mol. The van der Waals surface area contributed by atoms with E-state index in [0.29, 0.717) is 6.61 Å². The first kappa shape index (κ1) is 33.0. The van der Waals surface area contributed by atoms with Crippen molar-refractivity contribution < 1.29 is 23.1 Å². The van der Waals surface area contributed by atoms with Crippen LogP contribution in [0.15, 0.2) is 46.9 Å². The van der Waals surface area contributed by atoms with Crippen LogP contribution in [0.25, 0.3) is 0 Å². The zero-order valence-electron chi connectivity index (χ0n) is 24.3. The van der Waals surface area contributed by atoms with E-state index >= 15 is 0 Å². The summed E-state index contributed by atoms with van der Waals surface area (Å²) < 4.78 is 24.4. The van der Waals surface area contributed by atoms with Crippen LogP contribution in [0.3, 0.4) is 0 Å². The Labute approximate surface area is 244 Å². The van der Waals surface area contributed by atoms with Gasteiger partial charge in [-0.2, -0.15) is 0 Å². The Kier molecular flexibility index (Phi) is 12.6. The van der Waals surface area contributed by atoms with Crippen molar-refractivity contribution in [1.82, 2.24) is 0 Å². The largest absolute Gasteiger partial charge is 0.494 e. The highest BCUT2D eigenvalue weighted by atomic mass is 79.9. The first-order valence-corrected chi connectivity index (χ1v) is 21.3. The molecule has 0 bridgehead atoms. The molecule has 0 aliphatic carbocycles. The van der Waals surface area contributed by atoms with Crippen LogP contribution in [0.2, 0.25) is 44.3 Å². The Bertz CT molecular complexity index is 1040. The van der Waals surface area contributed by atoms with Crippen molar-refractivity contribution in [3.8, 4) is 5.75 Å². The molecule has 5 nitrogen and oxygen atoms in total. The normalized spacial score (nSPS) is 21.8. The summed E-state index contributed by atoms with van der Waals surface area (Å²) in [5, 5.41) is 0.798. The smallest absolute Gasteiger partial charge is 0.337 e. The summed E-state index contributed by atoms with van der Waals surface area (Å²) >= 11 is 9.64. The number of carbonyl (C=O) groups is 1. The second-order valence-electron chi connectivity index (χ2n) is 11.6. The van der Waals surface area contributed by atoms with Crippen LogP contribution >= 0.6 is 27.5 Å². The van der Waals surface area contributed by atoms with Crippen molar-refractivity contribution in [2.75, 3.05) is 6.61 Å². The van der Waals surface area contributed by atoms with E-state index in [1.807, 2.05) is 38.1 Å². The average Bonchev–Trinajstić information content (AvgIpc) is 2.81. The summed E-state index contributed by atoms with van der Waals surface area (Å²) in [6.07, 6.45) is 0.833. The summed E-state index contributed by atoms with van der Waals surface area (Å²) in [5.74, 6) is 0.827. The lowest BCUT2D eigenvalue weighted by Crippen LogP contribution is -2.58. The Morgan fingerprint density at radius 2 is 1.55 bits per heavy atom. The van der Waals surface area contributed by atoms with Gasteiger partial charge in [0.1, 0.15) is 11.9 Å². The Hall–Kier alpha value is -1.17. The minimum atomic E-state index is -1.83. The maximum atomic E-state index is 12.3. The number of halogens is 2. The van der Waals surface area contributed by atoms with Crippen LogP contribution < -0.4 is 4.74 Å². The molecular formula is C29H44BrClO5Si2. The van der Waals surface area contributed by atoms with Gasteiger partial charge in [0, 0.05) is 15.4 Å². The number of cyclic esters (lactones) is 1. The molecule has 0 unspecified atom stereocenters. The molecule has 9 heteroatoms. The molecule has 0 amide bonds. The van der Waals surface area contributed by atoms with Gasteiger partial charge in [-0.1, -0.05) is 53.5 Å². The van der Waals surface area contributed by atoms with Crippen molar-refractivity contribution in [3.63, 3.8) is 0 Å². The number of esters is 1. The number of rotatable bonds is 9. The van der Waals surface area contributed by atoms with E-state index < -0.39 is 22.7 Å². The molecule has 2 aromatic rings. The van der Waals surface area contributed by atoms with Gasteiger partial charge < -0.3 is 18.3 Å². The van der Waals surface area contributed by atoms with E-state index in [2.05, 4.69) is 80.3 Å². The third kappa shape index (κ3) is 10.8. The molecule has 1 saturated heterocycles. The van der Waals surface area contributed by atoms with E-state index in [9.17, 15) is 4.79 Å². The molecule has 0 aromatic heterocycles. The van der Waals surface area contributed by atoms with Crippen molar-refractivity contribution in [1.29, 1.82) is 0 Å². The van der Waals surface area contributed by atoms with E-state index in [1.165, 1.54) is 5.56 Å². The maximum absolute atomic E-state index is 12.3. The monoisotopic (exact) mass is 642 g/mol. The molecule has 4 atom stereocenters. The van der Waals surface area contributed by atoms with Gasteiger partial charge in [0.25, 0.3) is 0 Å². The van der Waals surface area contributed by atoms with E-state index in [-0.39, 0.29) is 24.1 Å². The first-order chi connectivity index (χ1) is 17.6. The molecule has 1 aliphatic rings. The van der Waals surface area contributed by atoms with Crippen LogP contribution in [0.5, 0.6) is 5.75 Å². The molecule has 0 saturated carbocycles. The fraction of sp³-hybridized carbons (Fsp3) is 0.552. The van der Waals surface area contributed by atoms with Crippen LogP contribution in [-0.2, 0) is 24.8 Å². The van der Waals surface area contributed by atoms with Gasteiger partial charge in [0.2, 0.25) is 0 Å². The van der Waals surface area contributed by atoms with Crippen molar-refractivity contribution in [2.24, 2.45) is 5.92 Å². The van der Waals surface area contributed by atoms with Gasteiger partial charge in [0.05, 0.1) is 12.7 Å². The topological polar surface area (TPSA) is 54.0 Å². The number of ether oxygens (including phenoxy) is 2. The third-order valence-electron chi connectivity index (χ3n) is 5.91. The van der Waals surface area contributed by atoms with E-state index in [0.717, 1.165) is 33.6 Å². The Morgan fingerprint density at radius 3 is 2.08 bits per heavy atom. The fourth-order valence-corrected chi connectivity index (χ4v) is 6.98. The summed E-state index contributed by atoms with van der Waals surface area (Å²) in [4.78, 5) is 12.3. The highest BCUT2D eigenvalue weighted by molar-refractivity contribution is 9.10. The quantitative estimate of drug-likeness (QED) is 0.203. The maximum Gasteiger partial charge on any atom is 0.337 e. The summed E-state index contributed by atoms with van der Waals surface area (Å²) in [5.41, 5.74) is 2.34. The van der Waals surface area contributed by atoms with Crippen LogP contribution in [-0.4, -0.2) is 47.5 Å². The lowest BCUT2D eigenvalue weighted by molar-refractivity contribution is -0.185. The molecule has 1 aliphatic heterocycles. The number of hydrogen-bond donors (Lipinski definition) is 0. The summed E-state index contributed by atoms with van der Waals surface area (Å²) in [6, 6.07) is 14.0. The van der Waals surface area contributed by atoms with Gasteiger partial charge in [-0.15, -0.1) is 0 Å². The van der Waals surface area contributed by atoms with Crippen LogP contribution in [0, 0.1) is 5.92 Å². The minimum Gasteiger partial charge on any atom is -0.494 e. The molecule has 38 heavy (non-hydrogen) atoms. The van der Waals surface area contributed by atoms with Gasteiger partial charge in [-0.25, -0.2) is 4.79 Å². The first-order valence-electron chi connectivity index (χ1n) is 13.3. The molecule has 0 radical (unpaired) electrons. The van der Waals surface area contributed by atoms with Gasteiger partial charge in [-0.05, 0) is 101 Å². The molecule has 1 heterocycles. The lowest BCUT2D eigenvalue weighted by atomic mass is 9.90. The molecule has 0 N–H and O–H groups in total. The third-order valence-corrected chi connectivity index (χ3v) is 8.71. The Balaban J connectivity index is 0.000000268. The second-order valence-corrected chi connectivity index (χ2v) is 21.8. The van der Waals surface area contributed by atoms with Gasteiger partial charge >= 0.3 is 5.97 Å². The predicted octanol–water partition coefficient (Wildman–Crippen LogP) is 8.49. The van der Waals surface area contributed by atoms with Gasteiger partial charge in [0.15, 0.2) is 22.7 Å². The van der Waals surface area contributed by atoms with Gasteiger partial charge in [-0.3, -0.25) is 0 Å². The number of benzene rings is 2. The fourth-order valence-electron chi connectivity index (χ4n) is 4.24. The van der Waals surface area contributed by atoms with Crippen molar-refractivity contribution >= 4 is 50.1 Å². The molecular weight excluding hydrogens is 600 g/mol. The minimum absolute atomic E-state index is 0.0645. The summed E-state index contributed by atoms with van der Waals surface area (Å²) in [6.45, 7) is 19.5. The highest BCUT2D eigenvalue weighted by Crippen LogP contribution is 2.32. The van der Waals surface area contributed by atoms with Crippen LogP contribution in [0.4, 0.5) is 0 Å². The Morgan fingerprint density at radius 1 is 0.947 bits per heavy atom. The SMILES string of the molecule is CCOc1ccc(Cc2cc(Br)ccc2Cl)cc1.CC[C@H]1OC(=O)[C@H](O[Si](C)(C)C)[C@@H](O[Si](C)(C)C)[C@@H]1C. The van der Waals surface area contributed by atoms with Crippen molar-refractivity contribution in [3.05, 3.63) is 63.1 Å². The zero-order valence-corrected chi connectivity index (χ0v) is 28.6. The lowest BCUT2D eigenvalue weighted by Gasteiger charge is -2.44. The van der Waals surface area contributed by atoms with E-state index in [4.69, 9.17) is 29.9 Å². The molecule has 2 aromatic carbocycles. The summed E-state index contributed by atoms with van der Waals surface area (Å²) in [7, 11) is -3.58. The second kappa shape index (κ2) is 14.5. The zero-order chi connectivity index (χ0) is 28.7. The average molecular weight is 644 g/mol. The van der Waals surface area contributed by atoms with Crippen molar-refractivity contribution in [2.45, 2.75) is 91.2 Å². The standard InChI is InChI=1S/C15H14BrClO.C14H30O4Si2/c1-2-18-14-6-3-11(4-7-14)9-12-10-13(16)5-8-15(12)17;1-9-11-10(2)12(17-19(3,4)5)13(14(15)16-11)18-20(6,7)8/h3-8,10H,2,9H2,1H3;10-13H,9H2,1-8H3/t;10-,11-,12+,13-/m.1/s1. The number of hydrogen-bond acceptors (Lipinski definition) is 5. The molecule has 0 spiro atoms.